The van der Waals surface area contributed by atoms with Crippen molar-refractivity contribution >= 4 is 44.8 Å². The lowest BCUT2D eigenvalue weighted by atomic mass is 10.2. The van der Waals surface area contributed by atoms with Crippen LogP contribution in [0.3, 0.4) is 0 Å². The molecule has 0 atom stereocenters. The van der Waals surface area contributed by atoms with Crippen molar-refractivity contribution in [2.75, 3.05) is 25.0 Å². The van der Waals surface area contributed by atoms with Crippen LogP contribution in [0.2, 0.25) is 10.0 Å². The summed E-state index contributed by atoms with van der Waals surface area (Å²) in [4.78, 5) is 12.9. The first-order valence-electron chi connectivity index (χ1n) is 11.4. The number of carbonyl (C=O) groups is 1. The van der Waals surface area contributed by atoms with E-state index >= 15 is 0 Å². The van der Waals surface area contributed by atoms with E-state index in [1.165, 1.54) is 24.3 Å². The van der Waals surface area contributed by atoms with Crippen molar-refractivity contribution in [3.05, 3.63) is 52.0 Å². The molecule has 1 heterocycles. The number of carbonyl (C=O) groups excluding carboxylic acids is 1. The largest absolute Gasteiger partial charge is 0.490 e. The third-order valence-corrected chi connectivity index (χ3v) is 8.04. The number of anilines is 1. The number of halogens is 2. The third-order valence-electron chi connectivity index (χ3n) is 5.57. The lowest BCUT2D eigenvalue weighted by Gasteiger charge is -2.20. The summed E-state index contributed by atoms with van der Waals surface area (Å²) >= 11 is 12.6. The van der Waals surface area contributed by atoms with Gasteiger partial charge >= 0.3 is 0 Å². The van der Waals surface area contributed by atoms with E-state index < -0.39 is 15.9 Å². The Balaban J connectivity index is 1.67. The highest BCUT2D eigenvalue weighted by Crippen LogP contribution is 2.34. The van der Waals surface area contributed by atoms with Crippen molar-refractivity contribution in [3.63, 3.8) is 0 Å². The number of unbranched alkanes of at least 4 members (excludes halogenated alkanes) is 2. The number of hydrogen-bond donors (Lipinski definition) is 1. The van der Waals surface area contributed by atoms with Crippen molar-refractivity contribution in [2.45, 2.75) is 56.8 Å². The molecule has 1 N–H and O–H groups in total. The molecule has 6 nitrogen and oxygen atoms in total. The van der Waals surface area contributed by atoms with Crippen LogP contribution in [0.4, 0.5) is 5.69 Å². The van der Waals surface area contributed by atoms with E-state index in [9.17, 15) is 13.2 Å². The number of amides is 1. The highest BCUT2D eigenvalue weighted by Gasteiger charge is 2.25. The van der Waals surface area contributed by atoms with Gasteiger partial charge < -0.3 is 10.1 Å². The summed E-state index contributed by atoms with van der Waals surface area (Å²) in [7, 11) is -3.54. The molecule has 2 aromatic rings. The van der Waals surface area contributed by atoms with E-state index in [0.717, 1.165) is 44.9 Å². The fourth-order valence-electron chi connectivity index (χ4n) is 3.70. The van der Waals surface area contributed by atoms with Crippen LogP contribution in [0, 0.1) is 0 Å². The second-order valence-corrected chi connectivity index (χ2v) is 10.9. The number of ether oxygens (including phenoxy) is 1. The first-order chi connectivity index (χ1) is 15.8. The number of nitrogens with zero attached hydrogens (tertiary/aromatic N) is 1. The molecule has 1 amide bonds. The van der Waals surface area contributed by atoms with Gasteiger partial charge in [0.1, 0.15) is 0 Å². The summed E-state index contributed by atoms with van der Waals surface area (Å²) in [5.74, 6) is -0.0338. The zero-order chi connectivity index (χ0) is 23.8. The van der Waals surface area contributed by atoms with Gasteiger partial charge in [0.25, 0.3) is 5.91 Å². The molecular formula is C24H30Cl2N2O4S. The molecule has 180 valence electrons. The topological polar surface area (TPSA) is 75.7 Å². The molecule has 0 aromatic heterocycles. The van der Waals surface area contributed by atoms with Crippen LogP contribution < -0.4 is 10.1 Å². The van der Waals surface area contributed by atoms with Gasteiger partial charge in [-0.25, -0.2) is 8.42 Å². The molecule has 9 heteroatoms. The quantitative estimate of drug-likeness (QED) is 0.395. The van der Waals surface area contributed by atoms with Crippen LogP contribution >= 0.6 is 23.2 Å². The molecular weight excluding hydrogens is 483 g/mol. The maximum atomic E-state index is 12.9. The van der Waals surface area contributed by atoms with Crippen LogP contribution in [0.15, 0.2) is 41.3 Å². The van der Waals surface area contributed by atoms with Crippen LogP contribution in [0.5, 0.6) is 5.75 Å². The Morgan fingerprint density at radius 2 is 1.61 bits per heavy atom. The summed E-state index contributed by atoms with van der Waals surface area (Å²) in [6.45, 7) is 3.70. The van der Waals surface area contributed by atoms with Crippen molar-refractivity contribution in [1.29, 1.82) is 0 Å². The zero-order valence-corrected chi connectivity index (χ0v) is 21.1. The van der Waals surface area contributed by atoms with Crippen molar-refractivity contribution < 1.29 is 17.9 Å². The molecule has 2 aromatic carbocycles. The summed E-state index contributed by atoms with van der Waals surface area (Å²) in [6.07, 6.45) is 6.88. The van der Waals surface area contributed by atoms with Crippen LogP contribution in [-0.2, 0) is 10.0 Å². The Morgan fingerprint density at radius 3 is 2.18 bits per heavy atom. The molecule has 0 spiro atoms. The lowest BCUT2D eigenvalue weighted by Crippen LogP contribution is -2.31. The minimum absolute atomic E-state index is 0.220. The molecule has 1 aliphatic heterocycles. The minimum Gasteiger partial charge on any atom is -0.490 e. The van der Waals surface area contributed by atoms with Gasteiger partial charge in [0.2, 0.25) is 10.0 Å². The van der Waals surface area contributed by atoms with Crippen LogP contribution in [-0.4, -0.2) is 38.3 Å². The van der Waals surface area contributed by atoms with Gasteiger partial charge in [0, 0.05) is 24.3 Å². The Labute approximate surface area is 206 Å². The standard InChI is InChI=1S/C24H30Cl2N2O4S/c1-2-3-8-15-32-23-21(25)16-18(17-22(23)26)24(29)27-19-9-11-20(12-10-19)33(30,31)28-13-6-4-5-7-14-28/h9-12,16-17H,2-8,13-15H2,1H3,(H,27,29). The second-order valence-electron chi connectivity index (χ2n) is 8.12. The Hall–Kier alpha value is -1.80. The van der Waals surface area contributed by atoms with E-state index in [-0.39, 0.29) is 20.5 Å². The maximum absolute atomic E-state index is 12.9. The molecule has 1 saturated heterocycles. The molecule has 1 fully saturated rings. The van der Waals surface area contributed by atoms with Gasteiger partial charge in [-0.05, 0) is 55.7 Å². The van der Waals surface area contributed by atoms with Gasteiger partial charge in [-0.15, -0.1) is 0 Å². The molecule has 0 aliphatic carbocycles. The van der Waals surface area contributed by atoms with E-state index in [1.54, 1.807) is 16.4 Å². The fourth-order valence-corrected chi connectivity index (χ4v) is 5.81. The average molecular weight is 513 g/mol. The lowest BCUT2D eigenvalue weighted by molar-refractivity contribution is 0.102. The molecule has 0 bridgehead atoms. The summed E-state index contributed by atoms with van der Waals surface area (Å²) < 4.78 is 33.0. The highest BCUT2D eigenvalue weighted by atomic mass is 35.5. The summed E-state index contributed by atoms with van der Waals surface area (Å²) in [5, 5.41) is 3.29. The number of benzene rings is 2. The van der Waals surface area contributed by atoms with E-state index in [0.29, 0.717) is 31.1 Å². The average Bonchev–Trinajstić information content (AvgIpc) is 3.08. The second kappa shape index (κ2) is 12.1. The number of hydrogen-bond acceptors (Lipinski definition) is 4. The number of nitrogens with one attached hydrogen (secondary N) is 1. The number of rotatable bonds is 9. The highest BCUT2D eigenvalue weighted by molar-refractivity contribution is 7.89. The Kier molecular flexibility index (Phi) is 9.44. The monoisotopic (exact) mass is 512 g/mol. The maximum Gasteiger partial charge on any atom is 0.255 e. The Bertz CT molecular complexity index is 1030. The predicted molar refractivity (Wildman–Crippen MR) is 133 cm³/mol. The van der Waals surface area contributed by atoms with Gasteiger partial charge in [-0.3, -0.25) is 4.79 Å². The Morgan fingerprint density at radius 1 is 1.00 bits per heavy atom. The van der Waals surface area contributed by atoms with Gasteiger partial charge in [0.05, 0.1) is 21.5 Å². The van der Waals surface area contributed by atoms with Gasteiger partial charge in [-0.1, -0.05) is 55.8 Å². The van der Waals surface area contributed by atoms with Crippen LogP contribution in [0.1, 0.15) is 62.2 Å². The van der Waals surface area contributed by atoms with Gasteiger partial charge in [-0.2, -0.15) is 4.31 Å². The minimum atomic E-state index is -3.54. The summed E-state index contributed by atoms with van der Waals surface area (Å²) in [5.41, 5.74) is 0.758. The van der Waals surface area contributed by atoms with Crippen molar-refractivity contribution in [2.24, 2.45) is 0 Å². The zero-order valence-electron chi connectivity index (χ0n) is 18.8. The predicted octanol–water partition coefficient (Wildman–Crippen LogP) is 6.38. The molecule has 0 saturated carbocycles. The fraction of sp³-hybridized carbons (Fsp3) is 0.458. The van der Waals surface area contributed by atoms with Gasteiger partial charge in [0.15, 0.2) is 5.75 Å². The molecule has 0 radical (unpaired) electrons. The normalized spacial score (nSPS) is 15.1. The molecule has 3 rings (SSSR count). The van der Waals surface area contributed by atoms with E-state index in [4.69, 9.17) is 27.9 Å². The van der Waals surface area contributed by atoms with E-state index in [1.807, 2.05) is 0 Å². The molecule has 1 aliphatic rings. The SMILES string of the molecule is CCCCCOc1c(Cl)cc(C(=O)Nc2ccc(S(=O)(=O)N3CCCCCC3)cc2)cc1Cl. The molecule has 33 heavy (non-hydrogen) atoms. The van der Waals surface area contributed by atoms with E-state index in [2.05, 4.69) is 12.2 Å². The van der Waals surface area contributed by atoms with Crippen molar-refractivity contribution in [3.8, 4) is 5.75 Å². The smallest absolute Gasteiger partial charge is 0.255 e. The first-order valence-corrected chi connectivity index (χ1v) is 13.6. The summed E-state index contributed by atoms with van der Waals surface area (Å²) in [6, 6.07) is 9.21. The third kappa shape index (κ3) is 6.85. The van der Waals surface area contributed by atoms with Crippen LogP contribution in [0.25, 0.3) is 0 Å². The number of sulfonamides is 1. The van der Waals surface area contributed by atoms with Crippen molar-refractivity contribution in [1.82, 2.24) is 4.31 Å². The molecule has 0 unspecified atom stereocenters. The first kappa shape index (κ1) is 25.8.